The number of aliphatic hydroxyl groups excluding tert-OH is 2. The molecule has 4 N–H and O–H groups in total. The standard InChI is InChI=1S/C21H40N4O6S12/c26-11-36-16-40-20(28)24-3-7-34-14-33-6-2-23-10-43(31)19-39-15-38-17-41-21(29)25-4-8-35-13-32-5-1-22-9-42(30)18-37-12-27/h9-10,26-27H,1-8,11-19H2,(H,24,28)(H,25,29)/b22-9-,23-10-. The summed E-state index contributed by atoms with van der Waals surface area (Å²) in [6.45, 7) is 2.49. The normalized spacial score (nSPS) is 13.1. The van der Waals surface area contributed by atoms with E-state index in [1.54, 1.807) is 70.6 Å². The average molecular weight is 829 g/mol. The number of nitrogens with zero attached hydrogens (tertiary/aromatic N) is 2. The highest BCUT2D eigenvalue weighted by molar-refractivity contribution is 8.29. The number of thioether (sulfide) groups is 10. The lowest BCUT2D eigenvalue weighted by molar-refractivity contribution is 0.260. The van der Waals surface area contributed by atoms with E-state index in [1.807, 2.05) is 0 Å². The molecule has 0 saturated heterocycles. The summed E-state index contributed by atoms with van der Waals surface area (Å²) in [6.07, 6.45) is 0. The van der Waals surface area contributed by atoms with Gasteiger partial charge in [-0.25, -0.2) is 9.98 Å². The first kappa shape index (κ1) is 45.3. The maximum atomic E-state index is 12.0. The van der Waals surface area contributed by atoms with Gasteiger partial charge in [0.15, 0.2) is 10.2 Å². The Balaban J connectivity index is 3.42. The molecule has 0 aromatic carbocycles. The molecular formula is C21H40N4O6S12. The SMILES string of the molecule is O=C(NCCSCSCC/N=C\[S+]([O-])CSCSCSC(=O)NCCSCSCC/N=C\[S+]([O-])CSCO)SCSCO. The van der Waals surface area contributed by atoms with Gasteiger partial charge in [-0.05, 0) is 0 Å². The topological polar surface area (TPSA) is 169 Å². The van der Waals surface area contributed by atoms with Crippen molar-refractivity contribution < 1.29 is 28.9 Å². The smallest absolute Gasteiger partial charge is 0.279 e. The largest absolute Gasteiger partial charge is 0.610 e. The van der Waals surface area contributed by atoms with Crippen LogP contribution in [0.3, 0.4) is 0 Å². The lowest BCUT2D eigenvalue weighted by Gasteiger charge is -2.06. The first-order valence-electron chi connectivity index (χ1n) is 12.4. The van der Waals surface area contributed by atoms with Crippen LogP contribution in [-0.2, 0) is 22.4 Å². The molecule has 0 bridgehead atoms. The Morgan fingerprint density at radius 3 is 1.56 bits per heavy atom. The van der Waals surface area contributed by atoms with Crippen LogP contribution in [0, 0.1) is 0 Å². The molecule has 252 valence electrons. The van der Waals surface area contributed by atoms with Crippen molar-refractivity contribution in [2.24, 2.45) is 9.98 Å². The fourth-order valence-corrected chi connectivity index (χ4v) is 12.9. The third-order valence-corrected chi connectivity index (χ3v) is 17.1. The van der Waals surface area contributed by atoms with Crippen LogP contribution < -0.4 is 10.6 Å². The van der Waals surface area contributed by atoms with Gasteiger partial charge in [-0.15, -0.1) is 70.6 Å². The maximum Gasteiger partial charge on any atom is 0.279 e. The van der Waals surface area contributed by atoms with Crippen LogP contribution in [0.25, 0.3) is 0 Å². The summed E-state index contributed by atoms with van der Waals surface area (Å²) in [5, 5.41) is 27.6. The molecule has 0 aliphatic heterocycles. The van der Waals surface area contributed by atoms with Gasteiger partial charge in [0.05, 0.1) is 30.1 Å². The summed E-state index contributed by atoms with van der Waals surface area (Å²) in [7, 11) is 0. The number of hydrogen-bond donors (Lipinski definition) is 4. The zero-order valence-corrected chi connectivity index (χ0v) is 33.3. The molecule has 22 heteroatoms. The number of nitrogens with one attached hydrogen (secondary N) is 2. The minimum Gasteiger partial charge on any atom is -0.610 e. The molecule has 43 heavy (non-hydrogen) atoms. The summed E-state index contributed by atoms with van der Waals surface area (Å²) < 4.78 is 23.5. The third kappa shape index (κ3) is 37.0. The fraction of sp³-hybridized carbons (Fsp3) is 0.810. The molecule has 0 spiro atoms. The first-order chi connectivity index (χ1) is 21.0. The lowest BCUT2D eigenvalue weighted by Crippen LogP contribution is -2.21. The van der Waals surface area contributed by atoms with E-state index in [9.17, 15) is 18.7 Å². The van der Waals surface area contributed by atoms with Crippen LogP contribution in [0.4, 0.5) is 9.59 Å². The van der Waals surface area contributed by atoms with Gasteiger partial charge in [-0.3, -0.25) is 9.59 Å². The number of aliphatic imine (C=N–C) groups is 2. The van der Waals surface area contributed by atoms with E-state index in [1.165, 1.54) is 46.4 Å². The fourth-order valence-electron chi connectivity index (χ4n) is 2.03. The predicted octanol–water partition coefficient (Wildman–Crippen LogP) is 4.89. The van der Waals surface area contributed by atoms with Gasteiger partial charge in [0, 0.05) is 78.8 Å². The zero-order valence-electron chi connectivity index (χ0n) is 23.5. The summed E-state index contributed by atoms with van der Waals surface area (Å²) in [5.74, 6) is 3.38. The molecule has 0 aromatic rings. The highest BCUT2D eigenvalue weighted by Crippen LogP contribution is 2.19. The van der Waals surface area contributed by atoms with Crippen LogP contribution in [0.1, 0.15) is 0 Å². The molecule has 2 unspecified atom stereocenters. The molecule has 2 atom stereocenters. The number of carbonyl (C=O) groups excluding carboxylic acids is 2. The highest BCUT2D eigenvalue weighted by atomic mass is 32.3. The van der Waals surface area contributed by atoms with E-state index in [0.29, 0.717) is 46.5 Å². The van der Waals surface area contributed by atoms with E-state index in [2.05, 4.69) is 20.6 Å². The van der Waals surface area contributed by atoms with Crippen molar-refractivity contribution in [1.29, 1.82) is 0 Å². The third-order valence-electron chi connectivity index (χ3n) is 3.77. The van der Waals surface area contributed by atoms with Crippen molar-refractivity contribution >= 4 is 162 Å². The van der Waals surface area contributed by atoms with Crippen molar-refractivity contribution in [2.45, 2.75) is 0 Å². The Morgan fingerprint density at radius 1 is 0.605 bits per heavy atom. The van der Waals surface area contributed by atoms with Crippen LogP contribution in [0.2, 0.25) is 0 Å². The van der Waals surface area contributed by atoms with E-state index in [-0.39, 0.29) is 22.4 Å². The predicted molar refractivity (Wildman–Crippen MR) is 213 cm³/mol. The number of amides is 2. The number of hydrogen-bond acceptors (Lipinski definition) is 18. The Morgan fingerprint density at radius 2 is 1.05 bits per heavy atom. The van der Waals surface area contributed by atoms with Crippen LogP contribution in [-0.4, -0.2) is 138 Å². The minimum atomic E-state index is -1.12. The summed E-state index contributed by atoms with van der Waals surface area (Å²) in [4.78, 5) is 31.8. The van der Waals surface area contributed by atoms with Gasteiger partial charge in [0.1, 0.15) is 0 Å². The minimum absolute atomic E-state index is 0.0244. The highest BCUT2D eigenvalue weighted by Gasteiger charge is 2.05. The Kier molecular flexibility index (Phi) is 39.1. The van der Waals surface area contributed by atoms with Gasteiger partial charge in [0.2, 0.25) is 11.1 Å². The monoisotopic (exact) mass is 828 g/mol. The summed E-state index contributed by atoms with van der Waals surface area (Å²) in [6, 6.07) is 0. The van der Waals surface area contributed by atoms with E-state index in [0.717, 1.165) is 50.0 Å². The van der Waals surface area contributed by atoms with E-state index in [4.69, 9.17) is 10.2 Å². The second kappa shape index (κ2) is 37.1. The molecule has 0 fully saturated rings. The van der Waals surface area contributed by atoms with Gasteiger partial charge < -0.3 is 30.0 Å². The van der Waals surface area contributed by atoms with Crippen molar-refractivity contribution in [3.63, 3.8) is 0 Å². The molecular weight excluding hydrogens is 789 g/mol. The number of carbonyl (C=O) groups is 2. The molecule has 0 aromatic heterocycles. The first-order valence-corrected chi connectivity index (χ1v) is 26.4. The zero-order chi connectivity index (χ0) is 31.6. The molecule has 0 aliphatic carbocycles. The quantitative estimate of drug-likeness (QED) is 0.0254. The van der Waals surface area contributed by atoms with Gasteiger partial charge >= 0.3 is 0 Å². The molecule has 0 aliphatic rings. The average Bonchev–Trinajstić information content (AvgIpc) is 2.99. The Hall–Kier alpha value is 2.32. The van der Waals surface area contributed by atoms with Crippen molar-refractivity contribution in [2.75, 3.05) is 96.7 Å². The molecule has 0 radical (unpaired) electrons. The van der Waals surface area contributed by atoms with Crippen molar-refractivity contribution in [1.82, 2.24) is 10.6 Å². The van der Waals surface area contributed by atoms with Gasteiger partial charge in [-0.1, -0.05) is 47.0 Å². The maximum absolute atomic E-state index is 12.0. The molecule has 0 rings (SSSR count). The van der Waals surface area contributed by atoms with Gasteiger partial charge in [0.25, 0.3) is 10.5 Å². The number of rotatable bonds is 30. The summed E-state index contributed by atoms with van der Waals surface area (Å²) >= 11 is 12.9. The number of aliphatic hydroxyl groups is 2. The summed E-state index contributed by atoms with van der Waals surface area (Å²) in [5.41, 5.74) is 2.96. The second-order valence-electron chi connectivity index (χ2n) is 7.03. The molecule has 0 heterocycles. The van der Waals surface area contributed by atoms with Crippen LogP contribution in [0.15, 0.2) is 9.98 Å². The molecule has 2 amide bonds. The van der Waals surface area contributed by atoms with Crippen molar-refractivity contribution in [3.05, 3.63) is 0 Å². The van der Waals surface area contributed by atoms with Gasteiger partial charge in [-0.2, -0.15) is 0 Å². The van der Waals surface area contributed by atoms with E-state index >= 15 is 0 Å². The van der Waals surface area contributed by atoms with Crippen LogP contribution in [0.5, 0.6) is 0 Å². The van der Waals surface area contributed by atoms with Crippen molar-refractivity contribution in [3.8, 4) is 0 Å². The second-order valence-corrected chi connectivity index (χ2v) is 22.3. The van der Waals surface area contributed by atoms with E-state index < -0.39 is 22.4 Å². The molecule has 10 nitrogen and oxygen atoms in total. The van der Waals surface area contributed by atoms with Crippen LogP contribution >= 0.6 is 118 Å². The Bertz CT molecular complexity index is 724. The molecule has 0 saturated carbocycles. The Labute approximate surface area is 304 Å². The lowest BCUT2D eigenvalue weighted by atomic mass is 10.8.